The summed E-state index contributed by atoms with van der Waals surface area (Å²) >= 11 is 0. The number of carbonyl (C=O) groups is 1. The lowest BCUT2D eigenvalue weighted by Gasteiger charge is -2.23. The van der Waals surface area contributed by atoms with Crippen LogP contribution in [0.25, 0.3) is 22.3 Å². The molecule has 3 aromatic rings. The van der Waals surface area contributed by atoms with Gasteiger partial charge in [-0.2, -0.15) is 0 Å². The summed E-state index contributed by atoms with van der Waals surface area (Å²) in [5.74, 6) is -0.343. The molecule has 0 radical (unpaired) electrons. The third kappa shape index (κ3) is 4.58. The first-order valence-corrected chi connectivity index (χ1v) is 9.11. The van der Waals surface area contributed by atoms with Crippen LogP contribution >= 0.6 is 0 Å². The van der Waals surface area contributed by atoms with Crippen LogP contribution in [-0.2, 0) is 4.79 Å². The Morgan fingerprint density at radius 2 is 1.75 bits per heavy atom. The largest absolute Gasteiger partial charge is 0.508 e. The summed E-state index contributed by atoms with van der Waals surface area (Å²) < 4.78 is 12.1. The van der Waals surface area contributed by atoms with Gasteiger partial charge in [-0.05, 0) is 36.4 Å². The van der Waals surface area contributed by atoms with Crippen molar-refractivity contribution in [2.24, 2.45) is 0 Å². The third-order valence-corrected chi connectivity index (χ3v) is 4.31. The van der Waals surface area contributed by atoms with E-state index in [0.29, 0.717) is 23.0 Å². The highest BCUT2D eigenvalue weighted by molar-refractivity contribution is 5.84. The van der Waals surface area contributed by atoms with Crippen LogP contribution in [0.3, 0.4) is 0 Å². The lowest BCUT2D eigenvalue weighted by atomic mass is 10.1. The SMILES string of the molecule is C[N+](C)(C)CCCC(=O)Oc1c(-c2ccc(O)cc2)oc2ccccc2c1=O. The Labute approximate surface area is 163 Å². The van der Waals surface area contributed by atoms with Gasteiger partial charge in [-0.1, -0.05) is 12.1 Å². The van der Waals surface area contributed by atoms with Crippen molar-refractivity contribution >= 4 is 16.9 Å². The number of quaternary nitrogens is 1. The van der Waals surface area contributed by atoms with Crippen molar-refractivity contribution in [3.05, 3.63) is 58.8 Å². The summed E-state index contributed by atoms with van der Waals surface area (Å²) in [4.78, 5) is 25.3. The molecule has 1 heterocycles. The Kier molecular flexibility index (Phi) is 5.51. The molecule has 2 aromatic carbocycles. The molecular formula is C22H24NO5+. The van der Waals surface area contributed by atoms with Crippen LogP contribution < -0.4 is 10.2 Å². The first kappa shape index (κ1) is 19.6. The summed E-state index contributed by atoms with van der Waals surface area (Å²) in [6.45, 7) is 0.812. The maximum absolute atomic E-state index is 13.0. The van der Waals surface area contributed by atoms with Crippen LogP contribution in [0.15, 0.2) is 57.7 Å². The van der Waals surface area contributed by atoms with E-state index in [4.69, 9.17) is 9.15 Å². The van der Waals surface area contributed by atoms with Crippen LogP contribution in [-0.4, -0.2) is 43.2 Å². The molecule has 0 unspecified atom stereocenters. The van der Waals surface area contributed by atoms with Gasteiger partial charge in [0.2, 0.25) is 11.2 Å². The fourth-order valence-electron chi connectivity index (χ4n) is 2.88. The fraction of sp³-hybridized carbons (Fsp3) is 0.273. The summed E-state index contributed by atoms with van der Waals surface area (Å²) in [6.07, 6.45) is 0.854. The molecule has 0 aliphatic rings. The smallest absolute Gasteiger partial charge is 0.311 e. The summed E-state index contributed by atoms with van der Waals surface area (Å²) in [5.41, 5.74) is 0.542. The molecule has 28 heavy (non-hydrogen) atoms. The van der Waals surface area contributed by atoms with Crippen LogP contribution in [0.1, 0.15) is 12.8 Å². The fourth-order valence-corrected chi connectivity index (χ4v) is 2.88. The minimum Gasteiger partial charge on any atom is -0.508 e. The number of benzene rings is 2. The molecule has 6 heteroatoms. The molecule has 0 aliphatic heterocycles. The van der Waals surface area contributed by atoms with Crippen molar-refractivity contribution in [2.75, 3.05) is 27.7 Å². The van der Waals surface area contributed by atoms with Crippen LogP contribution in [0, 0.1) is 0 Å². The number of phenols is 1. The van der Waals surface area contributed by atoms with Crippen molar-refractivity contribution in [1.82, 2.24) is 0 Å². The van der Waals surface area contributed by atoms with Gasteiger partial charge in [0.1, 0.15) is 11.3 Å². The molecule has 0 atom stereocenters. The zero-order chi connectivity index (χ0) is 20.3. The third-order valence-electron chi connectivity index (χ3n) is 4.31. The van der Waals surface area contributed by atoms with E-state index in [0.717, 1.165) is 11.0 Å². The van der Waals surface area contributed by atoms with E-state index >= 15 is 0 Å². The van der Waals surface area contributed by atoms with E-state index in [9.17, 15) is 14.7 Å². The van der Waals surface area contributed by atoms with Crippen molar-refractivity contribution < 1.29 is 23.5 Å². The van der Waals surface area contributed by atoms with Crippen molar-refractivity contribution in [3.8, 4) is 22.8 Å². The highest BCUT2D eigenvalue weighted by Gasteiger charge is 2.21. The molecule has 6 nitrogen and oxygen atoms in total. The van der Waals surface area contributed by atoms with E-state index in [2.05, 4.69) is 0 Å². The monoisotopic (exact) mass is 382 g/mol. The van der Waals surface area contributed by atoms with Gasteiger partial charge in [-0.3, -0.25) is 9.59 Å². The number of fused-ring (bicyclic) bond motifs is 1. The first-order valence-electron chi connectivity index (χ1n) is 9.11. The normalized spacial score (nSPS) is 11.5. The number of hydrogen-bond donors (Lipinski definition) is 1. The van der Waals surface area contributed by atoms with Gasteiger partial charge >= 0.3 is 5.97 Å². The molecule has 0 bridgehead atoms. The molecule has 0 aliphatic carbocycles. The van der Waals surface area contributed by atoms with Gasteiger partial charge in [0.25, 0.3) is 0 Å². The average Bonchev–Trinajstić information content (AvgIpc) is 2.63. The van der Waals surface area contributed by atoms with Gasteiger partial charge < -0.3 is 18.7 Å². The minimum atomic E-state index is -0.476. The standard InChI is InChI=1S/C22H23NO5/c1-23(2,3)14-6-9-19(25)28-22-20(26)17-7-4-5-8-18(17)27-21(22)15-10-12-16(24)13-11-15/h4-5,7-8,10-13H,6,9,14H2,1-3H3/p+1. The molecule has 0 amide bonds. The predicted octanol–water partition coefficient (Wildman–Crippen LogP) is 3.56. The van der Waals surface area contributed by atoms with E-state index in [-0.39, 0.29) is 23.7 Å². The van der Waals surface area contributed by atoms with E-state index < -0.39 is 11.4 Å². The summed E-state index contributed by atoms with van der Waals surface area (Å²) in [5, 5.41) is 9.87. The van der Waals surface area contributed by atoms with E-state index in [1.54, 1.807) is 36.4 Å². The Morgan fingerprint density at radius 1 is 1.07 bits per heavy atom. The summed E-state index contributed by atoms with van der Waals surface area (Å²) in [7, 11) is 6.14. The van der Waals surface area contributed by atoms with E-state index in [1.165, 1.54) is 12.1 Å². The topological polar surface area (TPSA) is 76.7 Å². The van der Waals surface area contributed by atoms with Crippen LogP contribution in [0.2, 0.25) is 0 Å². The Hall–Kier alpha value is -3.12. The Bertz CT molecular complexity index is 1050. The second-order valence-corrected chi connectivity index (χ2v) is 7.72. The molecular weight excluding hydrogens is 358 g/mol. The zero-order valence-corrected chi connectivity index (χ0v) is 16.3. The molecule has 1 N–H and O–H groups in total. The molecule has 0 saturated carbocycles. The highest BCUT2D eigenvalue weighted by Crippen LogP contribution is 2.32. The molecule has 0 spiro atoms. The maximum Gasteiger partial charge on any atom is 0.311 e. The van der Waals surface area contributed by atoms with Gasteiger partial charge in [-0.25, -0.2) is 0 Å². The molecule has 1 aromatic heterocycles. The number of rotatable bonds is 6. The molecule has 3 rings (SSSR count). The van der Waals surface area contributed by atoms with Crippen LogP contribution in [0.4, 0.5) is 0 Å². The number of para-hydroxylation sites is 1. The Balaban J connectivity index is 1.98. The number of ether oxygens (including phenoxy) is 1. The molecule has 0 saturated heterocycles. The second-order valence-electron chi connectivity index (χ2n) is 7.72. The van der Waals surface area contributed by atoms with Crippen LogP contribution in [0.5, 0.6) is 11.5 Å². The maximum atomic E-state index is 13.0. The average molecular weight is 382 g/mol. The number of esters is 1. The number of nitrogens with zero attached hydrogens (tertiary/aromatic N) is 1. The minimum absolute atomic E-state index is 0.0886. The van der Waals surface area contributed by atoms with Gasteiger partial charge in [-0.15, -0.1) is 0 Å². The highest BCUT2D eigenvalue weighted by atomic mass is 16.5. The van der Waals surface area contributed by atoms with Gasteiger partial charge in [0, 0.05) is 12.0 Å². The molecule has 0 fully saturated rings. The quantitative estimate of drug-likeness (QED) is 0.521. The lowest BCUT2D eigenvalue weighted by molar-refractivity contribution is -0.870. The number of aromatic hydroxyl groups is 1. The molecule has 146 valence electrons. The number of phenolic OH excluding ortho intramolecular Hbond substituents is 1. The van der Waals surface area contributed by atoms with Crippen molar-refractivity contribution in [3.63, 3.8) is 0 Å². The summed E-state index contributed by atoms with van der Waals surface area (Å²) in [6, 6.07) is 13.0. The lowest BCUT2D eigenvalue weighted by Crippen LogP contribution is -2.35. The van der Waals surface area contributed by atoms with Crippen molar-refractivity contribution in [2.45, 2.75) is 12.8 Å². The predicted molar refractivity (Wildman–Crippen MR) is 107 cm³/mol. The Morgan fingerprint density at radius 3 is 2.43 bits per heavy atom. The van der Waals surface area contributed by atoms with Gasteiger partial charge in [0.15, 0.2) is 5.76 Å². The number of hydrogen-bond acceptors (Lipinski definition) is 5. The van der Waals surface area contributed by atoms with E-state index in [1.807, 2.05) is 21.1 Å². The first-order chi connectivity index (χ1) is 13.2. The number of carbonyl (C=O) groups excluding carboxylic acids is 1. The van der Waals surface area contributed by atoms with Crippen molar-refractivity contribution in [1.29, 1.82) is 0 Å². The second kappa shape index (κ2) is 7.86. The zero-order valence-electron chi connectivity index (χ0n) is 16.3. The van der Waals surface area contributed by atoms with Gasteiger partial charge in [0.05, 0.1) is 39.5 Å².